The van der Waals surface area contributed by atoms with Gasteiger partial charge in [0.25, 0.3) is 16.9 Å². The third-order valence-electron chi connectivity index (χ3n) is 7.24. The number of furan rings is 1. The van der Waals surface area contributed by atoms with E-state index < -0.39 is 46.6 Å². The number of carbonyl (C=O) groups is 5. The maximum atomic E-state index is 12.7. The first-order valence-corrected chi connectivity index (χ1v) is 17.9. The van der Waals surface area contributed by atoms with Gasteiger partial charge in [-0.3, -0.25) is 24.1 Å². The summed E-state index contributed by atoms with van der Waals surface area (Å²) in [6, 6.07) is 23.0. The van der Waals surface area contributed by atoms with Crippen molar-refractivity contribution >= 4 is 69.5 Å². The Bertz CT molecular complexity index is 1650. The Kier molecular flexibility index (Phi) is 15.1. The Morgan fingerprint density at radius 1 is 1.00 bits per heavy atom. The number of halogens is 1. The molecule has 3 aromatic rings. The number of rotatable bonds is 16. The second kappa shape index (κ2) is 19.7. The van der Waals surface area contributed by atoms with Crippen LogP contribution in [0.1, 0.15) is 21.7 Å². The smallest absolute Gasteiger partial charge is 0.352 e. The molecule has 16 heteroatoms. The van der Waals surface area contributed by atoms with Gasteiger partial charge < -0.3 is 30.3 Å². The molecule has 0 bridgehead atoms. The third-order valence-corrected chi connectivity index (χ3v) is 9.78. The van der Waals surface area contributed by atoms with Crippen LogP contribution in [0.3, 0.4) is 0 Å². The molecule has 0 aliphatic carbocycles. The first-order valence-electron chi connectivity index (χ1n) is 15.4. The number of hydrogen-bond acceptors (Lipinski definition) is 12. The van der Waals surface area contributed by atoms with Gasteiger partial charge in [0.05, 0.1) is 12.1 Å². The van der Waals surface area contributed by atoms with Gasteiger partial charge in [-0.15, -0.1) is 23.4 Å². The quantitative estimate of drug-likeness (QED) is 0.0421. The molecule has 1 unspecified atom stereocenters. The van der Waals surface area contributed by atoms with Crippen molar-refractivity contribution < 1.29 is 38.3 Å². The number of ketones is 1. The van der Waals surface area contributed by atoms with Crippen LogP contribution in [0.4, 0.5) is 0 Å². The predicted molar refractivity (Wildman–Crippen MR) is 192 cm³/mol. The van der Waals surface area contributed by atoms with Gasteiger partial charge in [0.2, 0.25) is 11.5 Å². The van der Waals surface area contributed by atoms with E-state index in [1.54, 1.807) is 6.07 Å². The highest BCUT2D eigenvalue weighted by molar-refractivity contribution is 8.14. The topological polar surface area (TPSA) is 180 Å². The van der Waals surface area contributed by atoms with Crippen LogP contribution in [0.25, 0.3) is 0 Å². The largest absolute Gasteiger partial charge is 0.477 e. The van der Waals surface area contributed by atoms with E-state index in [-0.39, 0.29) is 28.1 Å². The number of thioether (sulfide) groups is 2. The number of nitrogens with zero attached hydrogens (tertiary/aromatic N) is 2. The fourth-order valence-corrected chi connectivity index (χ4v) is 7.23. The monoisotopic (exact) mass is 741 g/mol. The highest BCUT2D eigenvalue weighted by Crippen LogP contribution is 2.41. The summed E-state index contributed by atoms with van der Waals surface area (Å²) in [5.41, 5.74) is 2.23. The van der Waals surface area contributed by atoms with Crippen LogP contribution in [0.15, 0.2) is 99.9 Å². The number of amides is 2. The standard InChI is InChI=1S/C18H16ClN3O8S2.C16H20N2/c1-29-21-11(9(23)5-19)14(24)20-12-15(25)22-13(17(26)27)8(6-31-16(12)22)7-32-18(28)10-3-2-4-30-10;1-3-7-15(8-4-1)13-17-11-12-18-14-16-9-5-2-6-10-16/h2-4,12,16H,5-7H2,1H3,(H,20,24)(H,26,27);1-10,17-18H,11-14H2/b21-11-;/t12-,16?;/m1./s1. The van der Waals surface area contributed by atoms with Crippen molar-refractivity contribution in [2.45, 2.75) is 24.5 Å². The second-order valence-corrected chi connectivity index (χ2v) is 13.0. The zero-order chi connectivity index (χ0) is 35.9. The van der Waals surface area contributed by atoms with Crippen LogP contribution in [-0.2, 0) is 37.1 Å². The summed E-state index contributed by atoms with van der Waals surface area (Å²) in [6.45, 7) is 3.85. The molecule has 50 heavy (non-hydrogen) atoms. The maximum absolute atomic E-state index is 12.7. The van der Waals surface area contributed by atoms with Gasteiger partial charge in [-0.2, -0.15) is 0 Å². The summed E-state index contributed by atoms with van der Waals surface area (Å²) < 4.78 is 5.02. The number of hydrogen-bond donors (Lipinski definition) is 4. The van der Waals surface area contributed by atoms with Gasteiger partial charge in [-0.05, 0) is 28.8 Å². The van der Waals surface area contributed by atoms with Crippen LogP contribution >= 0.6 is 35.1 Å². The summed E-state index contributed by atoms with van der Waals surface area (Å²) in [7, 11) is 1.14. The van der Waals surface area contributed by atoms with E-state index in [9.17, 15) is 29.1 Å². The number of fused-ring (bicyclic) bond motifs is 1. The fourth-order valence-electron chi connectivity index (χ4n) is 4.83. The number of oxime groups is 1. The van der Waals surface area contributed by atoms with Crippen LogP contribution in [-0.4, -0.2) is 93.4 Å². The first-order chi connectivity index (χ1) is 24.2. The van der Waals surface area contributed by atoms with Crippen molar-refractivity contribution in [3.8, 4) is 0 Å². The second-order valence-electron chi connectivity index (χ2n) is 10.7. The lowest BCUT2D eigenvalue weighted by molar-refractivity contribution is -0.150. The normalized spacial score (nSPS) is 16.8. The third kappa shape index (κ3) is 10.5. The number of Topliss-reactive ketones (excluding diaryl/α,β-unsaturated/α-hetero) is 1. The van der Waals surface area contributed by atoms with Crippen molar-refractivity contribution in [1.29, 1.82) is 0 Å². The Labute approximate surface area is 302 Å². The molecule has 2 amide bonds. The van der Waals surface area contributed by atoms with Gasteiger partial charge >= 0.3 is 5.97 Å². The van der Waals surface area contributed by atoms with Crippen LogP contribution < -0.4 is 16.0 Å². The molecule has 2 aliphatic rings. The number of carboxylic acids is 1. The van der Waals surface area contributed by atoms with Crippen LogP contribution in [0, 0.1) is 0 Å². The fraction of sp³-hybridized carbons (Fsp3) is 0.294. The summed E-state index contributed by atoms with van der Waals surface area (Å²) in [5, 5.41) is 21.2. The summed E-state index contributed by atoms with van der Waals surface area (Å²) >= 11 is 7.54. The molecule has 4 N–H and O–H groups in total. The van der Waals surface area contributed by atoms with Gasteiger partial charge in [-0.25, -0.2) is 4.79 Å². The number of carboxylic acid groups (broad SMARTS) is 1. The molecule has 5 rings (SSSR count). The average molecular weight is 742 g/mol. The first kappa shape index (κ1) is 38.4. The average Bonchev–Trinajstić information content (AvgIpc) is 3.69. The summed E-state index contributed by atoms with van der Waals surface area (Å²) in [6.07, 6.45) is 1.35. The van der Waals surface area contributed by atoms with Crippen molar-refractivity contribution in [2.75, 3.05) is 37.6 Å². The lowest BCUT2D eigenvalue weighted by Gasteiger charge is -2.49. The van der Waals surface area contributed by atoms with Crippen LogP contribution in [0.5, 0.6) is 0 Å². The zero-order valence-electron chi connectivity index (χ0n) is 27.0. The molecule has 2 atom stereocenters. The predicted octanol–water partition coefficient (Wildman–Crippen LogP) is 3.27. The Balaban J connectivity index is 0.000000263. The summed E-state index contributed by atoms with van der Waals surface area (Å²) in [4.78, 5) is 66.3. The molecule has 1 aromatic heterocycles. The van der Waals surface area contributed by atoms with E-state index in [1.165, 1.54) is 35.2 Å². The van der Waals surface area contributed by atoms with Crippen molar-refractivity contribution in [1.82, 2.24) is 20.9 Å². The molecule has 0 spiro atoms. The van der Waals surface area contributed by atoms with Gasteiger partial charge in [0, 0.05) is 37.7 Å². The molecule has 1 saturated heterocycles. The number of aliphatic carboxylic acids is 1. The van der Waals surface area contributed by atoms with E-state index in [2.05, 4.69) is 74.5 Å². The minimum atomic E-state index is -1.33. The van der Waals surface area contributed by atoms with Crippen molar-refractivity contribution in [3.05, 3.63) is 107 Å². The summed E-state index contributed by atoms with van der Waals surface area (Å²) in [5.74, 6) is -3.84. The molecule has 3 heterocycles. The van der Waals surface area contributed by atoms with E-state index in [0.29, 0.717) is 5.57 Å². The van der Waals surface area contributed by atoms with E-state index in [4.69, 9.17) is 16.0 Å². The molecular formula is C34H36ClN5O8S2. The van der Waals surface area contributed by atoms with Crippen molar-refractivity contribution in [3.63, 3.8) is 0 Å². The van der Waals surface area contributed by atoms with Gasteiger partial charge in [0.15, 0.2) is 5.76 Å². The highest BCUT2D eigenvalue weighted by atomic mass is 35.5. The molecule has 1 fully saturated rings. The maximum Gasteiger partial charge on any atom is 0.352 e. The number of alkyl halides is 1. The molecule has 2 aromatic carbocycles. The SMILES string of the molecule is CO/N=C(/C(=O)CCl)C(=O)N[C@@H]1C(=O)N2C(C(=O)O)=C(CSC(=O)c3ccco3)CSC12.c1ccc(CNCCNCc2ccccc2)cc1. The Morgan fingerprint density at radius 3 is 2.14 bits per heavy atom. The molecular weight excluding hydrogens is 706 g/mol. The zero-order valence-corrected chi connectivity index (χ0v) is 29.4. The molecule has 0 saturated carbocycles. The molecule has 0 radical (unpaired) electrons. The lowest BCUT2D eigenvalue weighted by Crippen LogP contribution is -2.71. The minimum Gasteiger partial charge on any atom is -0.477 e. The molecule has 264 valence electrons. The van der Waals surface area contributed by atoms with E-state index in [1.807, 2.05) is 12.1 Å². The van der Waals surface area contributed by atoms with Gasteiger partial charge in [-0.1, -0.05) is 77.6 Å². The molecule has 13 nitrogen and oxygen atoms in total. The van der Waals surface area contributed by atoms with E-state index >= 15 is 0 Å². The van der Waals surface area contributed by atoms with Gasteiger partial charge in [0.1, 0.15) is 24.2 Å². The number of nitrogens with one attached hydrogen (secondary N) is 3. The minimum absolute atomic E-state index is 0.0521. The van der Waals surface area contributed by atoms with E-state index in [0.717, 1.165) is 50.0 Å². The number of β-lactam (4-membered cyclic amide) rings is 1. The number of carbonyl (C=O) groups excluding carboxylic acids is 4. The lowest BCUT2D eigenvalue weighted by atomic mass is 10.0. The number of benzene rings is 2. The Hall–Kier alpha value is -4.41. The molecule has 2 aliphatic heterocycles. The van der Waals surface area contributed by atoms with Crippen LogP contribution in [0.2, 0.25) is 0 Å². The highest BCUT2D eigenvalue weighted by Gasteiger charge is 2.54. The van der Waals surface area contributed by atoms with Crippen molar-refractivity contribution in [2.24, 2.45) is 5.16 Å². The Morgan fingerprint density at radius 2 is 1.62 bits per heavy atom.